The van der Waals surface area contributed by atoms with E-state index in [1.165, 1.54) is 0 Å². The molecule has 29 heavy (non-hydrogen) atoms. The van der Waals surface area contributed by atoms with E-state index in [0.29, 0.717) is 35.5 Å². The molecule has 2 heterocycles. The largest absolute Gasteiger partial charge is 0.487 e. The smallest absolute Gasteiger partial charge is 0.260 e. The fourth-order valence-corrected chi connectivity index (χ4v) is 3.34. The number of hydrogen-bond acceptors (Lipinski definition) is 5. The van der Waals surface area contributed by atoms with Crippen LogP contribution in [0.15, 0.2) is 54.7 Å². The number of likely N-dealkylation sites (tertiary alicyclic amines) is 1. The molecule has 0 aliphatic carbocycles. The monoisotopic (exact) mass is 432 g/mol. The van der Waals surface area contributed by atoms with Gasteiger partial charge in [-0.1, -0.05) is 46.6 Å². The fourth-order valence-electron chi connectivity index (χ4n) is 2.88. The molecule has 4 rings (SSSR count). The van der Waals surface area contributed by atoms with Crippen LogP contribution >= 0.6 is 23.2 Å². The average molecular weight is 433 g/mol. The maximum atomic E-state index is 12.3. The third-order valence-corrected chi connectivity index (χ3v) is 5.05. The second kappa shape index (κ2) is 8.71. The third kappa shape index (κ3) is 4.81. The summed E-state index contributed by atoms with van der Waals surface area (Å²) in [4.78, 5) is 14.0. The molecule has 2 aromatic carbocycles. The van der Waals surface area contributed by atoms with Crippen LogP contribution in [0, 0.1) is 0 Å². The Hall–Kier alpha value is -2.77. The summed E-state index contributed by atoms with van der Waals surface area (Å²) >= 11 is 11.9. The summed E-state index contributed by atoms with van der Waals surface area (Å²) in [5.74, 6) is 1.10. The summed E-state index contributed by atoms with van der Waals surface area (Å²) in [7, 11) is 0. The molecule has 1 amide bonds. The lowest BCUT2D eigenvalue weighted by molar-refractivity contribution is -0.139. The minimum atomic E-state index is -0.111. The van der Waals surface area contributed by atoms with Gasteiger partial charge in [-0.2, -0.15) is 0 Å². The number of benzene rings is 2. The van der Waals surface area contributed by atoms with E-state index < -0.39 is 0 Å². The Morgan fingerprint density at radius 2 is 1.90 bits per heavy atom. The van der Waals surface area contributed by atoms with Crippen LogP contribution in [-0.2, 0) is 11.4 Å². The number of aromatic nitrogens is 3. The molecule has 7 nitrogen and oxygen atoms in total. The molecule has 0 spiro atoms. The van der Waals surface area contributed by atoms with Crippen molar-refractivity contribution in [2.45, 2.75) is 12.6 Å². The van der Waals surface area contributed by atoms with Crippen LogP contribution in [0.1, 0.15) is 11.7 Å². The Morgan fingerprint density at radius 3 is 2.66 bits per heavy atom. The van der Waals surface area contributed by atoms with Gasteiger partial charge in [0, 0.05) is 18.1 Å². The minimum Gasteiger partial charge on any atom is -0.487 e. The summed E-state index contributed by atoms with van der Waals surface area (Å²) in [6, 6.07) is 14.5. The van der Waals surface area contributed by atoms with E-state index in [1.54, 1.807) is 27.8 Å². The van der Waals surface area contributed by atoms with Gasteiger partial charge in [0.05, 0.1) is 17.3 Å². The van der Waals surface area contributed by atoms with Gasteiger partial charge < -0.3 is 14.4 Å². The van der Waals surface area contributed by atoms with Gasteiger partial charge in [0.2, 0.25) is 0 Å². The molecule has 3 aromatic rings. The number of rotatable bonds is 7. The second-order valence-electron chi connectivity index (χ2n) is 6.61. The molecule has 0 bridgehead atoms. The maximum absolute atomic E-state index is 12.3. The quantitative estimate of drug-likeness (QED) is 0.569. The van der Waals surface area contributed by atoms with Crippen molar-refractivity contribution in [1.29, 1.82) is 0 Å². The first-order chi connectivity index (χ1) is 14.1. The molecule has 1 fully saturated rings. The van der Waals surface area contributed by atoms with Gasteiger partial charge in [-0.3, -0.25) is 4.79 Å². The second-order valence-corrected chi connectivity index (χ2v) is 7.45. The fraction of sp³-hybridized carbons (Fsp3) is 0.250. The van der Waals surface area contributed by atoms with Gasteiger partial charge in [0.25, 0.3) is 5.91 Å². The van der Waals surface area contributed by atoms with E-state index in [4.69, 9.17) is 32.7 Å². The Bertz CT molecular complexity index is 990. The summed E-state index contributed by atoms with van der Waals surface area (Å²) in [6.45, 7) is 1.37. The number of nitrogens with zero attached hydrogens (tertiary/aromatic N) is 4. The number of para-hydroxylation sites is 1. The normalized spacial score (nSPS) is 13.8. The Kier molecular flexibility index (Phi) is 5.87. The lowest BCUT2D eigenvalue weighted by atomic mass is 10.1. The van der Waals surface area contributed by atoms with Crippen LogP contribution in [0.2, 0.25) is 10.0 Å². The number of carbonyl (C=O) groups is 1. The molecule has 150 valence electrons. The lowest BCUT2D eigenvalue weighted by Gasteiger charge is -2.38. The van der Waals surface area contributed by atoms with Crippen LogP contribution in [-0.4, -0.2) is 45.5 Å². The number of hydrogen-bond donors (Lipinski definition) is 0. The maximum Gasteiger partial charge on any atom is 0.260 e. The van der Waals surface area contributed by atoms with Crippen molar-refractivity contribution < 1.29 is 14.3 Å². The molecule has 0 N–H and O–H groups in total. The third-order valence-electron chi connectivity index (χ3n) is 4.52. The van der Waals surface area contributed by atoms with Crippen molar-refractivity contribution in [3.63, 3.8) is 0 Å². The Balaban J connectivity index is 1.23. The van der Waals surface area contributed by atoms with Gasteiger partial charge in [-0.15, -0.1) is 5.10 Å². The topological polar surface area (TPSA) is 69.5 Å². The van der Waals surface area contributed by atoms with Crippen LogP contribution in [0.5, 0.6) is 11.5 Å². The zero-order chi connectivity index (χ0) is 20.2. The number of ether oxygens (including phenoxy) is 2. The van der Waals surface area contributed by atoms with Crippen LogP contribution in [0.4, 0.5) is 0 Å². The highest BCUT2D eigenvalue weighted by Gasteiger charge is 2.33. The van der Waals surface area contributed by atoms with E-state index in [-0.39, 0.29) is 18.6 Å². The number of carbonyl (C=O) groups excluding carboxylic acids is 1. The van der Waals surface area contributed by atoms with Gasteiger partial charge >= 0.3 is 0 Å². The summed E-state index contributed by atoms with van der Waals surface area (Å²) in [5, 5.41) is 9.17. The minimum absolute atomic E-state index is 0.0818. The predicted molar refractivity (Wildman–Crippen MR) is 108 cm³/mol. The molecule has 0 saturated carbocycles. The van der Waals surface area contributed by atoms with E-state index in [1.807, 2.05) is 36.5 Å². The first-order valence-electron chi connectivity index (χ1n) is 9.02. The van der Waals surface area contributed by atoms with E-state index in [9.17, 15) is 4.79 Å². The van der Waals surface area contributed by atoms with Gasteiger partial charge in [-0.05, 0) is 30.3 Å². The molecule has 9 heteroatoms. The van der Waals surface area contributed by atoms with Crippen molar-refractivity contribution >= 4 is 29.1 Å². The lowest BCUT2D eigenvalue weighted by Crippen LogP contribution is -2.52. The molecule has 1 aliphatic heterocycles. The van der Waals surface area contributed by atoms with Crippen molar-refractivity contribution in [2.24, 2.45) is 0 Å². The van der Waals surface area contributed by atoms with Crippen molar-refractivity contribution in [1.82, 2.24) is 19.9 Å². The van der Waals surface area contributed by atoms with Gasteiger partial charge in [-0.25, -0.2) is 4.68 Å². The standard InChI is InChI=1S/C20H18Cl2N4O3/c21-14-6-7-19(18(22)8-14)29-13-20(27)25-10-16(11-25)26-9-15(23-24-26)12-28-17-4-2-1-3-5-17/h1-9,16H,10-13H2. The molecule has 1 saturated heterocycles. The average Bonchev–Trinajstić information content (AvgIpc) is 3.14. The summed E-state index contributed by atoms with van der Waals surface area (Å²) in [6.07, 6.45) is 1.85. The Morgan fingerprint density at radius 1 is 1.10 bits per heavy atom. The molecular formula is C20H18Cl2N4O3. The summed E-state index contributed by atoms with van der Waals surface area (Å²) < 4.78 is 12.9. The SMILES string of the molecule is O=C(COc1ccc(Cl)cc1Cl)N1CC(n2cc(COc3ccccc3)nn2)C1. The first kappa shape index (κ1) is 19.5. The molecular weight excluding hydrogens is 415 g/mol. The van der Waals surface area contributed by atoms with Crippen LogP contribution in [0.3, 0.4) is 0 Å². The highest BCUT2D eigenvalue weighted by atomic mass is 35.5. The summed E-state index contributed by atoms with van der Waals surface area (Å²) in [5.41, 5.74) is 0.736. The molecule has 0 atom stereocenters. The molecule has 0 radical (unpaired) electrons. The highest BCUT2D eigenvalue weighted by molar-refractivity contribution is 6.35. The van der Waals surface area contributed by atoms with Crippen LogP contribution < -0.4 is 9.47 Å². The van der Waals surface area contributed by atoms with Gasteiger partial charge in [0.1, 0.15) is 23.8 Å². The predicted octanol–water partition coefficient (Wildman–Crippen LogP) is 3.63. The Labute approximate surface area is 177 Å². The highest BCUT2D eigenvalue weighted by Crippen LogP contribution is 2.28. The number of halogens is 2. The van der Waals surface area contributed by atoms with Crippen molar-refractivity contribution in [3.05, 3.63) is 70.5 Å². The molecule has 1 aliphatic rings. The zero-order valence-electron chi connectivity index (χ0n) is 15.4. The van der Waals surface area contributed by atoms with E-state index in [2.05, 4.69) is 10.3 Å². The molecule has 1 aromatic heterocycles. The molecule has 0 unspecified atom stereocenters. The van der Waals surface area contributed by atoms with Crippen molar-refractivity contribution in [2.75, 3.05) is 19.7 Å². The van der Waals surface area contributed by atoms with Crippen molar-refractivity contribution in [3.8, 4) is 11.5 Å². The van der Waals surface area contributed by atoms with E-state index >= 15 is 0 Å². The first-order valence-corrected chi connectivity index (χ1v) is 9.78. The number of amides is 1. The van der Waals surface area contributed by atoms with Gasteiger partial charge in [0.15, 0.2) is 6.61 Å². The van der Waals surface area contributed by atoms with Crippen LogP contribution in [0.25, 0.3) is 0 Å². The zero-order valence-corrected chi connectivity index (χ0v) is 16.9. The van der Waals surface area contributed by atoms with E-state index in [0.717, 1.165) is 11.4 Å².